The molecule has 5 nitrogen and oxygen atoms in total. The highest BCUT2D eigenvalue weighted by atomic mass is 19.1. The van der Waals surface area contributed by atoms with Crippen LogP contribution in [0.4, 0.5) is 4.39 Å². The first-order valence-electron chi connectivity index (χ1n) is 8.77. The summed E-state index contributed by atoms with van der Waals surface area (Å²) in [4.78, 5) is 29.6. The quantitative estimate of drug-likeness (QED) is 0.723. The second kappa shape index (κ2) is 6.89. The number of halogens is 1. The van der Waals surface area contributed by atoms with Crippen molar-refractivity contribution in [2.75, 3.05) is 0 Å². The molecule has 3 aromatic rings. The molecule has 2 amide bonds. The summed E-state index contributed by atoms with van der Waals surface area (Å²) < 4.78 is 13.3. The van der Waals surface area contributed by atoms with Gasteiger partial charge in [-0.25, -0.2) is 4.39 Å². The molecule has 27 heavy (non-hydrogen) atoms. The molecule has 1 aromatic heterocycles. The highest BCUT2D eigenvalue weighted by Crippen LogP contribution is 2.30. The predicted octanol–water partition coefficient (Wildman–Crippen LogP) is 3.15. The van der Waals surface area contributed by atoms with E-state index in [1.165, 1.54) is 17.0 Å². The number of aromatic nitrogens is 1. The Labute approximate surface area is 155 Å². The third-order valence-corrected chi connectivity index (χ3v) is 4.79. The summed E-state index contributed by atoms with van der Waals surface area (Å²) in [5.41, 5.74) is 9.86. The lowest BCUT2D eigenvalue weighted by Crippen LogP contribution is -2.28. The normalized spacial score (nSPS) is 14.4. The Balaban J connectivity index is 1.78. The van der Waals surface area contributed by atoms with E-state index < -0.39 is 0 Å². The number of pyridine rings is 1. The number of fused-ring (bicyclic) bond motifs is 1. The van der Waals surface area contributed by atoms with Crippen LogP contribution in [0.15, 0.2) is 48.5 Å². The highest BCUT2D eigenvalue weighted by molar-refractivity contribution is 6.02. The molecule has 136 valence electrons. The molecule has 0 saturated carbocycles. The number of nitrogens with zero attached hydrogens (tertiary/aromatic N) is 2. The van der Waals surface area contributed by atoms with E-state index in [1.807, 2.05) is 24.3 Å². The molecule has 6 heteroatoms. The van der Waals surface area contributed by atoms with Crippen molar-refractivity contribution in [3.8, 4) is 11.1 Å². The summed E-state index contributed by atoms with van der Waals surface area (Å²) in [6.45, 7) is 0.519. The number of amides is 2. The van der Waals surface area contributed by atoms with Gasteiger partial charge in [0.25, 0.3) is 0 Å². The Kier molecular flexibility index (Phi) is 4.41. The van der Waals surface area contributed by atoms with Gasteiger partial charge in [-0.2, -0.15) is 0 Å². The van der Waals surface area contributed by atoms with Gasteiger partial charge in [0.05, 0.1) is 17.8 Å². The van der Waals surface area contributed by atoms with E-state index in [-0.39, 0.29) is 43.6 Å². The Morgan fingerprint density at radius 3 is 2.37 bits per heavy atom. The van der Waals surface area contributed by atoms with Crippen LogP contribution in [0.25, 0.3) is 22.0 Å². The van der Waals surface area contributed by atoms with Crippen molar-refractivity contribution < 1.29 is 14.0 Å². The summed E-state index contributed by atoms with van der Waals surface area (Å²) in [6, 6.07) is 13.9. The number of imide groups is 1. The van der Waals surface area contributed by atoms with Crippen LogP contribution in [0, 0.1) is 5.82 Å². The molecular weight excluding hydrogens is 345 g/mol. The number of rotatable bonds is 4. The van der Waals surface area contributed by atoms with Gasteiger partial charge in [-0.3, -0.25) is 19.5 Å². The van der Waals surface area contributed by atoms with E-state index in [2.05, 4.69) is 4.98 Å². The molecule has 4 rings (SSSR count). The summed E-state index contributed by atoms with van der Waals surface area (Å²) in [6.07, 6.45) is 0.549. The summed E-state index contributed by atoms with van der Waals surface area (Å²) >= 11 is 0. The summed E-state index contributed by atoms with van der Waals surface area (Å²) in [5.74, 6) is -0.579. The number of carbonyl (C=O) groups is 2. The fourth-order valence-corrected chi connectivity index (χ4v) is 3.38. The van der Waals surface area contributed by atoms with E-state index in [1.54, 1.807) is 12.1 Å². The Bertz CT molecular complexity index is 1030. The molecule has 2 heterocycles. The van der Waals surface area contributed by atoms with Crippen LogP contribution < -0.4 is 5.73 Å². The standard InChI is InChI=1S/C21H18FN3O2/c22-15-4-2-14(3-5-15)18-10-16(11-23)24-19-9-13(1-6-17(18)19)12-25-20(26)7-8-21(25)27/h1-6,9-10H,7-8,11-12,23H2. The molecular formula is C21H18FN3O2. The molecule has 2 N–H and O–H groups in total. The minimum absolute atomic E-state index is 0.143. The molecule has 1 saturated heterocycles. The molecule has 2 aromatic carbocycles. The number of nitrogens with two attached hydrogens (primary N) is 1. The molecule has 0 bridgehead atoms. The van der Waals surface area contributed by atoms with Crippen LogP contribution >= 0.6 is 0 Å². The maximum absolute atomic E-state index is 13.3. The summed E-state index contributed by atoms with van der Waals surface area (Å²) in [7, 11) is 0. The van der Waals surface area contributed by atoms with E-state index in [0.717, 1.165) is 27.6 Å². The van der Waals surface area contributed by atoms with Gasteiger partial charge in [0.2, 0.25) is 11.8 Å². The number of carbonyl (C=O) groups excluding carboxylic acids is 2. The van der Waals surface area contributed by atoms with Gasteiger partial charge < -0.3 is 5.73 Å². The first-order valence-corrected chi connectivity index (χ1v) is 8.77. The van der Waals surface area contributed by atoms with E-state index in [9.17, 15) is 14.0 Å². The SMILES string of the molecule is NCc1cc(-c2ccc(F)cc2)c2ccc(CN3C(=O)CCC3=O)cc2n1. The average Bonchev–Trinajstić information content (AvgIpc) is 2.99. The van der Waals surface area contributed by atoms with Crippen LogP contribution in [0.1, 0.15) is 24.1 Å². The largest absolute Gasteiger partial charge is 0.325 e. The van der Waals surface area contributed by atoms with Crippen molar-refractivity contribution in [1.82, 2.24) is 9.88 Å². The fraction of sp³-hybridized carbons (Fsp3) is 0.190. The lowest BCUT2D eigenvalue weighted by atomic mass is 9.98. The zero-order valence-electron chi connectivity index (χ0n) is 14.6. The van der Waals surface area contributed by atoms with E-state index in [0.29, 0.717) is 5.69 Å². The van der Waals surface area contributed by atoms with Crippen molar-refractivity contribution in [2.24, 2.45) is 5.73 Å². The molecule has 0 atom stereocenters. The second-order valence-corrected chi connectivity index (χ2v) is 6.60. The fourth-order valence-electron chi connectivity index (χ4n) is 3.38. The molecule has 0 aliphatic carbocycles. The average molecular weight is 363 g/mol. The van der Waals surface area contributed by atoms with Crippen molar-refractivity contribution in [3.63, 3.8) is 0 Å². The second-order valence-electron chi connectivity index (χ2n) is 6.60. The van der Waals surface area contributed by atoms with Gasteiger partial charge >= 0.3 is 0 Å². The van der Waals surface area contributed by atoms with Gasteiger partial charge in [-0.1, -0.05) is 24.3 Å². The van der Waals surface area contributed by atoms with Gasteiger partial charge in [0.15, 0.2) is 0 Å². The van der Waals surface area contributed by atoms with Gasteiger partial charge in [-0.15, -0.1) is 0 Å². The molecule has 1 aliphatic heterocycles. The lowest BCUT2D eigenvalue weighted by Gasteiger charge is -2.15. The summed E-state index contributed by atoms with van der Waals surface area (Å²) in [5, 5.41) is 0.904. The minimum atomic E-state index is -0.293. The molecule has 0 spiro atoms. The topological polar surface area (TPSA) is 76.3 Å². The third-order valence-electron chi connectivity index (χ3n) is 4.79. The van der Waals surface area contributed by atoms with Gasteiger partial charge in [-0.05, 0) is 41.0 Å². The molecule has 1 fully saturated rings. The smallest absolute Gasteiger partial charge is 0.229 e. The van der Waals surface area contributed by atoms with Crippen LogP contribution in [-0.4, -0.2) is 21.7 Å². The van der Waals surface area contributed by atoms with E-state index >= 15 is 0 Å². The van der Waals surface area contributed by atoms with Crippen molar-refractivity contribution in [3.05, 3.63) is 65.6 Å². The number of benzene rings is 2. The predicted molar refractivity (Wildman–Crippen MR) is 99.8 cm³/mol. The zero-order chi connectivity index (χ0) is 19.0. The van der Waals surface area contributed by atoms with Gasteiger partial charge in [0, 0.05) is 24.8 Å². The minimum Gasteiger partial charge on any atom is -0.325 e. The highest BCUT2D eigenvalue weighted by Gasteiger charge is 2.28. The van der Waals surface area contributed by atoms with Crippen molar-refractivity contribution in [1.29, 1.82) is 0 Å². The first-order chi connectivity index (χ1) is 13.0. The van der Waals surface area contributed by atoms with Crippen molar-refractivity contribution >= 4 is 22.7 Å². The van der Waals surface area contributed by atoms with Crippen LogP contribution in [-0.2, 0) is 22.7 Å². The molecule has 0 unspecified atom stereocenters. The monoisotopic (exact) mass is 363 g/mol. The lowest BCUT2D eigenvalue weighted by molar-refractivity contribution is -0.139. The Hall–Kier alpha value is -3.12. The van der Waals surface area contributed by atoms with Crippen LogP contribution in [0.5, 0.6) is 0 Å². The number of likely N-dealkylation sites (tertiary alicyclic amines) is 1. The van der Waals surface area contributed by atoms with E-state index in [4.69, 9.17) is 5.73 Å². The maximum atomic E-state index is 13.3. The van der Waals surface area contributed by atoms with Crippen molar-refractivity contribution in [2.45, 2.75) is 25.9 Å². The third kappa shape index (κ3) is 3.31. The number of hydrogen-bond donors (Lipinski definition) is 1. The maximum Gasteiger partial charge on any atom is 0.229 e. The Morgan fingerprint density at radius 2 is 1.70 bits per heavy atom. The zero-order valence-corrected chi connectivity index (χ0v) is 14.6. The van der Waals surface area contributed by atoms with Gasteiger partial charge in [0.1, 0.15) is 5.82 Å². The molecule has 0 radical (unpaired) electrons. The first kappa shape index (κ1) is 17.3. The van der Waals surface area contributed by atoms with Crippen LogP contribution in [0.3, 0.4) is 0 Å². The molecule has 1 aliphatic rings. The Morgan fingerprint density at radius 1 is 1.00 bits per heavy atom. The number of hydrogen-bond acceptors (Lipinski definition) is 4. The van der Waals surface area contributed by atoms with Crippen LogP contribution in [0.2, 0.25) is 0 Å².